The van der Waals surface area contributed by atoms with Crippen LogP contribution in [0.4, 0.5) is 17.1 Å². The van der Waals surface area contributed by atoms with Gasteiger partial charge in [-0.15, -0.1) is 0 Å². The van der Waals surface area contributed by atoms with Crippen molar-refractivity contribution < 1.29 is 4.42 Å². The van der Waals surface area contributed by atoms with Gasteiger partial charge in [0.2, 0.25) is 0 Å². The summed E-state index contributed by atoms with van der Waals surface area (Å²) in [6, 6.07) is 87.1. The van der Waals surface area contributed by atoms with E-state index in [-0.39, 0.29) is 0 Å². The third kappa shape index (κ3) is 6.38. The molecule has 0 N–H and O–H groups in total. The maximum atomic E-state index is 6.42. The Balaban J connectivity index is 0.990. The van der Waals surface area contributed by atoms with E-state index in [4.69, 9.17) is 4.42 Å². The van der Waals surface area contributed by atoms with Crippen LogP contribution in [0, 0.1) is 0 Å². The maximum Gasteiger partial charge on any atom is 0.136 e. The summed E-state index contributed by atoms with van der Waals surface area (Å²) in [7, 11) is 0. The normalized spacial score (nSPS) is 11.5. The molecule has 0 bridgehead atoms. The van der Waals surface area contributed by atoms with E-state index >= 15 is 0 Å². The van der Waals surface area contributed by atoms with Crippen molar-refractivity contribution in [2.45, 2.75) is 0 Å². The van der Waals surface area contributed by atoms with Gasteiger partial charge in [0.25, 0.3) is 0 Å². The highest BCUT2D eigenvalue weighted by Gasteiger charge is 2.21. The Morgan fingerprint density at radius 2 is 0.794 bits per heavy atom. The highest BCUT2D eigenvalue weighted by Crippen LogP contribution is 2.46. The Hall–Kier alpha value is -8.40. The highest BCUT2D eigenvalue weighted by molar-refractivity contribution is 6.09. The van der Waals surface area contributed by atoms with Gasteiger partial charge >= 0.3 is 0 Å². The number of nitrogens with zero attached hydrogens (tertiary/aromatic N) is 2. The molecule has 12 rings (SSSR count). The Bertz CT molecular complexity index is 3560. The van der Waals surface area contributed by atoms with Crippen molar-refractivity contribution in [1.29, 1.82) is 0 Å². The molecule has 2 aromatic heterocycles. The topological polar surface area (TPSA) is 21.3 Å². The third-order valence-corrected chi connectivity index (χ3v) is 12.4. The number of aromatic nitrogens is 1. The SMILES string of the molecule is c1ccc(-c2ccc(-c3ccccc3N(c3ccc(-c4cccc(-n5c6ccccc6c6ccccc65)c4)cc3)c3ccccc3-c3ccc4c(c3)oc3ccccc34)cc2)cc1. The van der Waals surface area contributed by atoms with E-state index in [9.17, 15) is 0 Å². The van der Waals surface area contributed by atoms with E-state index in [0.29, 0.717) is 0 Å². The van der Waals surface area contributed by atoms with Crippen LogP contribution in [0.15, 0.2) is 247 Å². The van der Waals surface area contributed by atoms with Gasteiger partial charge in [0.1, 0.15) is 11.2 Å². The summed E-state index contributed by atoms with van der Waals surface area (Å²) in [5.74, 6) is 0. The average molecular weight is 805 g/mol. The Morgan fingerprint density at radius 3 is 1.51 bits per heavy atom. The fourth-order valence-electron chi connectivity index (χ4n) is 9.43. The van der Waals surface area contributed by atoms with Gasteiger partial charge in [0, 0.05) is 44.0 Å². The number of para-hydroxylation sites is 5. The Kier molecular flexibility index (Phi) is 8.83. The second-order valence-corrected chi connectivity index (χ2v) is 16.1. The molecule has 0 saturated heterocycles. The van der Waals surface area contributed by atoms with Crippen LogP contribution in [0.1, 0.15) is 0 Å². The second-order valence-electron chi connectivity index (χ2n) is 16.1. The molecule has 63 heavy (non-hydrogen) atoms. The van der Waals surface area contributed by atoms with Gasteiger partial charge in [0.05, 0.1) is 22.4 Å². The van der Waals surface area contributed by atoms with Crippen molar-refractivity contribution in [2.24, 2.45) is 0 Å². The molecule has 0 unspecified atom stereocenters. The molecule has 0 fully saturated rings. The molecule has 0 aliphatic rings. The first-order valence-corrected chi connectivity index (χ1v) is 21.5. The van der Waals surface area contributed by atoms with E-state index in [1.165, 1.54) is 32.9 Å². The lowest BCUT2D eigenvalue weighted by molar-refractivity contribution is 0.669. The van der Waals surface area contributed by atoms with E-state index in [1.54, 1.807) is 0 Å². The van der Waals surface area contributed by atoms with Crippen LogP contribution in [0.5, 0.6) is 0 Å². The summed E-state index contributed by atoms with van der Waals surface area (Å²) in [6.45, 7) is 0. The van der Waals surface area contributed by atoms with Gasteiger partial charge < -0.3 is 13.9 Å². The first-order valence-electron chi connectivity index (χ1n) is 21.5. The first-order chi connectivity index (χ1) is 31.2. The molecule has 3 nitrogen and oxygen atoms in total. The van der Waals surface area contributed by atoms with Gasteiger partial charge in [-0.1, -0.05) is 176 Å². The molecule has 0 amide bonds. The zero-order chi connectivity index (χ0) is 41.7. The average Bonchev–Trinajstić information content (AvgIpc) is 3.91. The van der Waals surface area contributed by atoms with E-state index in [2.05, 4.69) is 240 Å². The van der Waals surface area contributed by atoms with Crippen LogP contribution in [0.3, 0.4) is 0 Å². The molecule has 0 spiro atoms. The molecule has 0 aliphatic heterocycles. The molecule has 0 saturated carbocycles. The number of benzene rings is 10. The van der Waals surface area contributed by atoms with Gasteiger partial charge in [-0.25, -0.2) is 0 Å². The minimum atomic E-state index is 0.876. The van der Waals surface area contributed by atoms with E-state index in [0.717, 1.165) is 78.1 Å². The molecule has 0 radical (unpaired) electrons. The summed E-state index contributed by atoms with van der Waals surface area (Å²) in [5, 5.41) is 4.76. The lowest BCUT2D eigenvalue weighted by Crippen LogP contribution is -2.12. The van der Waals surface area contributed by atoms with Crippen LogP contribution in [0.2, 0.25) is 0 Å². The molecule has 12 aromatic rings. The fraction of sp³-hybridized carbons (Fsp3) is 0. The van der Waals surface area contributed by atoms with Crippen molar-refractivity contribution in [1.82, 2.24) is 4.57 Å². The number of hydrogen-bond acceptors (Lipinski definition) is 2. The monoisotopic (exact) mass is 804 g/mol. The lowest BCUT2D eigenvalue weighted by Gasteiger charge is -2.30. The first kappa shape index (κ1) is 36.5. The van der Waals surface area contributed by atoms with Crippen molar-refractivity contribution in [3.05, 3.63) is 243 Å². The van der Waals surface area contributed by atoms with E-state index < -0.39 is 0 Å². The van der Waals surface area contributed by atoms with Crippen molar-refractivity contribution in [3.8, 4) is 50.2 Å². The number of hydrogen-bond donors (Lipinski definition) is 0. The molecule has 296 valence electrons. The molecule has 2 heterocycles. The fourth-order valence-corrected chi connectivity index (χ4v) is 9.43. The van der Waals surface area contributed by atoms with E-state index in [1.807, 2.05) is 12.1 Å². The lowest BCUT2D eigenvalue weighted by atomic mass is 9.96. The van der Waals surface area contributed by atoms with Gasteiger partial charge in [0.15, 0.2) is 0 Å². The van der Waals surface area contributed by atoms with Gasteiger partial charge in [-0.05, 0) is 100 Å². The van der Waals surface area contributed by atoms with Crippen LogP contribution >= 0.6 is 0 Å². The van der Waals surface area contributed by atoms with Crippen molar-refractivity contribution in [3.63, 3.8) is 0 Å². The zero-order valence-electron chi connectivity index (χ0n) is 34.4. The Labute approximate surface area is 366 Å². The zero-order valence-corrected chi connectivity index (χ0v) is 34.4. The maximum absolute atomic E-state index is 6.42. The van der Waals surface area contributed by atoms with Crippen LogP contribution in [0.25, 0.3) is 93.9 Å². The van der Waals surface area contributed by atoms with Crippen molar-refractivity contribution >= 4 is 60.8 Å². The summed E-state index contributed by atoms with van der Waals surface area (Å²) in [5.41, 5.74) is 17.7. The molecule has 10 aromatic carbocycles. The standard InChI is InChI=1S/C60H40N2O/c1-2-15-41(16-3-1)42-29-31-44(32-30-42)49-19-4-9-24-55(49)61(56-25-10-5-20-50(56)46-35-38-54-53-23-8-13-28-59(53)63-60(54)40-46)47-36-33-43(34-37-47)45-17-14-18-48(39-45)62-57-26-11-6-21-51(57)52-22-7-12-27-58(52)62/h1-40H. The third-order valence-electron chi connectivity index (χ3n) is 12.4. The number of fused-ring (bicyclic) bond motifs is 6. The predicted molar refractivity (Wildman–Crippen MR) is 264 cm³/mol. The highest BCUT2D eigenvalue weighted by atomic mass is 16.3. The van der Waals surface area contributed by atoms with Crippen LogP contribution in [-0.4, -0.2) is 4.57 Å². The van der Waals surface area contributed by atoms with Gasteiger partial charge in [-0.3, -0.25) is 0 Å². The van der Waals surface area contributed by atoms with Crippen LogP contribution in [-0.2, 0) is 0 Å². The predicted octanol–water partition coefficient (Wildman–Crippen LogP) is 16.8. The summed E-state index contributed by atoms with van der Waals surface area (Å²) < 4.78 is 8.80. The number of anilines is 3. The molecular formula is C60H40N2O. The van der Waals surface area contributed by atoms with Crippen molar-refractivity contribution in [2.75, 3.05) is 4.90 Å². The number of rotatable bonds is 8. The Morgan fingerprint density at radius 1 is 0.302 bits per heavy atom. The molecule has 3 heteroatoms. The minimum absolute atomic E-state index is 0.876. The quantitative estimate of drug-likeness (QED) is 0.153. The summed E-state index contributed by atoms with van der Waals surface area (Å²) >= 11 is 0. The van der Waals surface area contributed by atoms with Gasteiger partial charge in [-0.2, -0.15) is 0 Å². The molecular weight excluding hydrogens is 765 g/mol. The summed E-state index contributed by atoms with van der Waals surface area (Å²) in [6.07, 6.45) is 0. The second kappa shape index (κ2) is 15.3. The minimum Gasteiger partial charge on any atom is -0.456 e. The molecule has 0 aliphatic carbocycles. The van der Waals surface area contributed by atoms with Crippen LogP contribution < -0.4 is 4.90 Å². The smallest absolute Gasteiger partial charge is 0.136 e. The number of furan rings is 1. The summed E-state index contributed by atoms with van der Waals surface area (Å²) in [4.78, 5) is 2.41. The largest absolute Gasteiger partial charge is 0.456 e. The molecule has 0 atom stereocenters.